The fourth-order valence-electron chi connectivity index (χ4n) is 3.67. The van der Waals surface area contributed by atoms with Gasteiger partial charge in [-0.2, -0.15) is 0 Å². The van der Waals surface area contributed by atoms with Crippen LogP contribution in [-0.2, 0) is 0 Å². The van der Waals surface area contributed by atoms with E-state index >= 15 is 0 Å². The number of benzene rings is 2. The van der Waals surface area contributed by atoms with Crippen LogP contribution in [0.25, 0.3) is 11.0 Å². The zero-order valence-electron chi connectivity index (χ0n) is 15.8. The van der Waals surface area contributed by atoms with Gasteiger partial charge in [-0.1, -0.05) is 46.7 Å². The number of amides is 1. The topological polar surface area (TPSA) is 76.3 Å². The van der Waals surface area contributed by atoms with Gasteiger partial charge in [-0.3, -0.25) is 14.5 Å². The number of carbonyl (C=O) groups is 1. The van der Waals surface area contributed by atoms with Gasteiger partial charge in [-0.05, 0) is 49.2 Å². The summed E-state index contributed by atoms with van der Waals surface area (Å²) in [6.45, 7) is 3.60. The van der Waals surface area contributed by atoms with E-state index in [1.54, 1.807) is 37.3 Å². The smallest absolute Gasteiger partial charge is 0.297 e. The average molecular weight is 458 g/mol. The van der Waals surface area contributed by atoms with Crippen LogP contribution in [0.3, 0.4) is 0 Å². The second kappa shape index (κ2) is 6.91. The molecular weight excluding hydrogens is 445 g/mol. The lowest BCUT2D eigenvalue weighted by molar-refractivity contribution is 0.0970. The third-order valence-electron chi connectivity index (χ3n) is 5.04. The summed E-state index contributed by atoms with van der Waals surface area (Å²) in [7, 11) is 0. The fourth-order valence-corrected chi connectivity index (χ4v) is 4.74. The predicted molar refractivity (Wildman–Crippen MR) is 117 cm³/mol. The van der Waals surface area contributed by atoms with Gasteiger partial charge in [0.05, 0.1) is 17.0 Å². The molecule has 0 N–H and O–H groups in total. The van der Waals surface area contributed by atoms with E-state index in [1.807, 2.05) is 13.0 Å². The minimum Gasteiger partial charge on any atom is -0.450 e. The Morgan fingerprint density at radius 3 is 2.60 bits per heavy atom. The van der Waals surface area contributed by atoms with Crippen molar-refractivity contribution in [1.29, 1.82) is 0 Å². The number of nitrogens with zero attached hydrogens (tertiary/aromatic N) is 3. The van der Waals surface area contributed by atoms with E-state index in [4.69, 9.17) is 27.6 Å². The van der Waals surface area contributed by atoms with Gasteiger partial charge in [0.25, 0.3) is 5.91 Å². The number of hydrogen-bond acceptors (Lipinski definition) is 6. The molecule has 6 nitrogen and oxygen atoms in total. The molecular formula is C21H13Cl2N3O3S. The highest BCUT2D eigenvalue weighted by atomic mass is 35.5. The maximum atomic E-state index is 13.5. The summed E-state index contributed by atoms with van der Waals surface area (Å²) in [4.78, 5) is 28.4. The minimum atomic E-state index is -0.737. The van der Waals surface area contributed by atoms with Crippen molar-refractivity contribution in [2.45, 2.75) is 19.9 Å². The molecule has 1 atom stereocenters. The van der Waals surface area contributed by atoms with E-state index in [1.165, 1.54) is 16.2 Å². The summed E-state index contributed by atoms with van der Waals surface area (Å²) >= 11 is 13.7. The molecule has 1 aliphatic rings. The van der Waals surface area contributed by atoms with Crippen LogP contribution in [0.5, 0.6) is 0 Å². The van der Waals surface area contributed by atoms with Gasteiger partial charge in [-0.15, -0.1) is 10.2 Å². The van der Waals surface area contributed by atoms with E-state index in [0.29, 0.717) is 36.7 Å². The lowest BCUT2D eigenvalue weighted by atomic mass is 9.98. The number of anilines is 1. The van der Waals surface area contributed by atoms with Crippen molar-refractivity contribution >= 4 is 56.5 Å². The summed E-state index contributed by atoms with van der Waals surface area (Å²) in [5.74, 6) is -0.454. The van der Waals surface area contributed by atoms with Crippen molar-refractivity contribution in [3.8, 4) is 0 Å². The second-order valence-corrected chi connectivity index (χ2v) is 9.01. The number of halogens is 2. The van der Waals surface area contributed by atoms with E-state index in [9.17, 15) is 9.59 Å². The Kier molecular flexibility index (Phi) is 4.43. The fraction of sp³-hybridized carbons (Fsp3) is 0.143. The van der Waals surface area contributed by atoms with Crippen LogP contribution in [0.1, 0.15) is 38.3 Å². The molecule has 30 heavy (non-hydrogen) atoms. The van der Waals surface area contributed by atoms with E-state index in [2.05, 4.69) is 10.2 Å². The Morgan fingerprint density at radius 1 is 1.10 bits per heavy atom. The number of carbonyl (C=O) groups excluding carboxylic acids is 1. The summed E-state index contributed by atoms with van der Waals surface area (Å²) in [6.07, 6.45) is 0. The molecule has 2 aromatic carbocycles. The number of aromatic nitrogens is 2. The van der Waals surface area contributed by atoms with Crippen molar-refractivity contribution in [2.24, 2.45) is 0 Å². The van der Waals surface area contributed by atoms with Gasteiger partial charge in [-0.25, -0.2) is 0 Å². The first-order chi connectivity index (χ1) is 14.3. The molecule has 0 bridgehead atoms. The molecule has 5 rings (SSSR count). The van der Waals surface area contributed by atoms with Crippen molar-refractivity contribution in [3.63, 3.8) is 0 Å². The zero-order chi connectivity index (χ0) is 21.2. The Hall–Kier alpha value is -2.74. The van der Waals surface area contributed by atoms with Crippen LogP contribution >= 0.6 is 34.5 Å². The highest BCUT2D eigenvalue weighted by Crippen LogP contribution is 2.42. The highest BCUT2D eigenvalue weighted by molar-refractivity contribution is 7.15. The van der Waals surface area contributed by atoms with Crippen molar-refractivity contribution in [1.82, 2.24) is 10.2 Å². The van der Waals surface area contributed by atoms with Gasteiger partial charge in [0.15, 0.2) is 5.43 Å². The molecule has 150 valence electrons. The van der Waals surface area contributed by atoms with Crippen molar-refractivity contribution in [2.75, 3.05) is 4.90 Å². The Balaban J connectivity index is 1.84. The van der Waals surface area contributed by atoms with Crippen molar-refractivity contribution < 1.29 is 9.21 Å². The SMILES string of the molecule is Cc1nnc(N2C(=O)c3oc4cc(C)c(Cl)cc4c(=O)c3C2c2cccc(Cl)c2)s1. The number of fused-ring (bicyclic) bond motifs is 2. The van der Waals surface area contributed by atoms with Crippen LogP contribution in [-0.4, -0.2) is 16.1 Å². The standard InChI is InChI=1S/C21H13Cl2N3O3S/c1-9-6-15-13(8-14(9)23)18(27)16-17(11-4-3-5-12(22)7-11)26(20(28)19(16)29-15)21-25-24-10(2)30-21/h3-8,17H,1-2H3. The molecule has 0 saturated carbocycles. The van der Waals surface area contributed by atoms with Crippen molar-refractivity contribution in [3.05, 3.63) is 84.1 Å². The Labute approximate surface area is 184 Å². The van der Waals surface area contributed by atoms with Gasteiger partial charge in [0.1, 0.15) is 10.6 Å². The van der Waals surface area contributed by atoms with Crippen LogP contribution in [0.15, 0.2) is 45.6 Å². The average Bonchev–Trinajstić information content (AvgIpc) is 3.25. The summed E-state index contributed by atoms with van der Waals surface area (Å²) in [5.41, 5.74) is 1.67. The molecule has 0 aliphatic carbocycles. The number of rotatable bonds is 2. The first kappa shape index (κ1) is 19.2. The molecule has 0 saturated heterocycles. The Bertz CT molecular complexity index is 1410. The third-order valence-corrected chi connectivity index (χ3v) is 6.52. The molecule has 1 unspecified atom stereocenters. The summed E-state index contributed by atoms with van der Waals surface area (Å²) in [5, 5.41) is 10.5. The lowest BCUT2D eigenvalue weighted by Crippen LogP contribution is -2.29. The largest absolute Gasteiger partial charge is 0.450 e. The normalized spacial score (nSPS) is 15.8. The zero-order valence-corrected chi connectivity index (χ0v) is 18.1. The van der Waals surface area contributed by atoms with Gasteiger partial charge < -0.3 is 4.42 Å². The molecule has 3 heterocycles. The molecule has 2 aromatic heterocycles. The van der Waals surface area contributed by atoms with Crippen LogP contribution in [0.4, 0.5) is 5.13 Å². The first-order valence-corrected chi connectivity index (χ1v) is 10.6. The molecule has 1 aliphatic heterocycles. The lowest BCUT2D eigenvalue weighted by Gasteiger charge is -2.22. The monoisotopic (exact) mass is 457 g/mol. The highest BCUT2D eigenvalue weighted by Gasteiger charge is 2.45. The van der Waals surface area contributed by atoms with E-state index in [-0.39, 0.29) is 16.8 Å². The molecule has 4 aromatic rings. The number of aryl methyl sites for hydroxylation is 2. The summed E-state index contributed by atoms with van der Waals surface area (Å²) in [6, 6.07) is 9.54. The van der Waals surface area contributed by atoms with E-state index in [0.717, 1.165) is 5.56 Å². The van der Waals surface area contributed by atoms with Gasteiger partial charge in [0.2, 0.25) is 10.9 Å². The van der Waals surface area contributed by atoms with Crippen LogP contribution < -0.4 is 10.3 Å². The second-order valence-electron chi connectivity index (χ2n) is 7.01. The molecule has 1 amide bonds. The summed E-state index contributed by atoms with van der Waals surface area (Å²) < 4.78 is 5.95. The first-order valence-electron chi connectivity index (χ1n) is 9.01. The van der Waals surface area contributed by atoms with Gasteiger partial charge >= 0.3 is 0 Å². The van der Waals surface area contributed by atoms with Crippen LogP contribution in [0.2, 0.25) is 10.0 Å². The molecule has 0 spiro atoms. The third kappa shape index (κ3) is 2.85. The number of hydrogen-bond donors (Lipinski definition) is 0. The van der Waals surface area contributed by atoms with E-state index < -0.39 is 11.9 Å². The van der Waals surface area contributed by atoms with Crippen LogP contribution in [0, 0.1) is 13.8 Å². The molecule has 0 fully saturated rings. The maximum Gasteiger partial charge on any atom is 0.297 e. The maximum absolute atomic E-state index is 13.5. The molecule has 9 heteroatoms. The Morgan fingerprint density at radius 2 is 1.90 bits per heavy atom. The van der Waals surface area contributed by atoms with Gasteiger partial charge in [0, 0.05) is 10.0 Å². The predicted octanol–water partition coefficient (Wildman–Crippen LogP) is 5.32. The minimum absolute atomic E-state index is 0.00736. The molecule has 0 radical (unpaired) electrons. The quantitative estimate of drug-likeness (QED) is 0.407.